The Morgan fingerprint density at radius 2 is 1.73 bits per heavy atom. The number of pyridine rings is 1. The summed E-state index contributed by atoms with van der Waals surface area (Å²) in [5.74, 6) is -1.40. The largest absolute Gasteiger partial charge is 0.235 e. The van der Waals surface area contributed by atoms with E-state index in [4.69, 9.17) is 16.9 Å². The molecule has 0 radical (unpaired) electrons. The second kappa shape index (κ2) is 7.48. The summed E-state index contributed by atoms with van der Waals surface area (Å²) < 4.78 is 54.7. The van der Waals surface area contributed by atoms with Gasteiger partial charge >= 0.3 is 0 Å². The predicted molar refractivity (Wildman–Crippen MR) is 109 cm³/mol. The lowest BCUT2D eigenvalue weighted by atomic mass is 10.0. The average Bonchev–Trinajstić information content (AvgIpc) is 2.72. The summed E-state index contributed by atoms with van der Waals surface area (Å²) >= 11 is 6.31. The summed E-state index contributed by atoms with van der Waals surface area (Å²) in [6.45, 7) is 0. The number of para-hydroxylation sites is 1. The minimum atomic E-state index is -4.34. The third-order valence-corrected chi connectivity index (χ3v) is 6.75. The van der Waals surface area contributed by atoms with E-state index in [0.29, 0.717) is 10.9 Å². The topological polar surface area (TPSA) is 70.8 Å². The van der Waals surface area contributed by atoms with Gasteiger partial charge in [0, 0.05) is 10.9 Å². The number of nitriles is 1. The number of fused-ring (bicyclic) bond motifs is 1. The molecule has 0 fully saturated rings. The lowest BCUT2D eigenvalue weighted by molar-refractivity contribution is 0.594. The number of sulfone groups is 1. The first-order valence-corrected chi connectivity index (χ1v) is 10.5. The maximum Gasteiger partial charge on any atom is 0.210 e. The van der Waals surface area contributed by atoms with E-state index in [0.717, 1.165) is 18.2 Å². The first-order chi connectivity index (χ1) is 14.3. The zero-order valence-electron chi connectivity index (χ0n) is 15.1. The van der Waals surface area contributed by atoms with Crippen molar-refractivity contribution in [3.05, 3.63) is 89.1 Å². The second-order valence-corrected chi connectivity index (χ2v) is 8.64. The van der Waals surface area contributed by atoms with Crippen molar-refractivity contribution in [2.75, 3.05) is 0 Å². The quantitative estimate of drug-likeness (QED) is 0.310. The van der Waals surface area contributed by atoms with Gasteiger partial charge in [-0.3, -0.25) is 0 Å². The van der Waals surface area contributed by atoms with Crippen LogP contribution >= 0.6 is 11.6 Å². The summed E-state index contributed by atoms with van der Waals surface area (Å²) in [7, 11) is -4.34. The van der Waals surface area contributed by atoms with Crippen molar-refractivity contribution in [2.24, 2.45) is 0 Å². The summed E-state index contributed by atoms with van der Waals surface area (Å²) in [6.07, 6.45) is 0. The van der Waals surface area contributed by atoms with Gasteiger partial charge in [0.05, 0.1) is 16.0 Å². The maximum atomic E-state index is 14.0. The van der Waals surface area contributed by atoms with Gasteiger partial charge in [0.1, 0.15) is 27.8 Å². The Morgan fingerprint density at radius 3 is 2.47 bits per heavy atom. The molecule has 0 saturated heterocycles. The molecule has 0 spiro atoms. The van der Waals surface area contributed by atoms with Crippen molar-refractivity contribution in [2.45, 2.75) is 9.79 Å². The van der Waals surface area contributed by atoms with Crippen LogP contribution in [0.4, 0.5) is 8.78 Å². The number of nitrogens with zero attached hydrogens (tertiary/aromatic N) is 2. The van der Waals surface area contributed by atoms with E-state index in [1.165, 1.54) is 18.2 Å². The highest BCUT2D eigenvalue weighted by molar-refractivity contribution is 7.91. The Kier molecular flexibility index (Phi) is 4.98. The molecular weight excluding hydrogens is 430 g/mol. The molecule has 1 aromatic heterocycles. The summed E-state index contributed by atoms with van der Waals surface area (Å²) in [5, 5.41) is 9.22. The molecule has 0 amide bonds. The Balaban J connectivity index is 2.12. The van der Waals surface area contributed by atoms with Crippen molar-refractivity contribution in [3.63, 3.8) is 0 Å². The molecule has 0 aliphatic rings. The normalized spacial score (nSPS) is 11.4. The van der Waals surface area contributed by atoms with Gasteiger partial charge < -0.3 is 0 Å². The van der Waals surface area contributed by atoms with Crippen LogP contribution < -0.4 is 0 Å². The molecule has 3 aromatic carbocycles. The highest BCUT2D eigenvalue weighted by Crippen LogP contribution is 2.40. The van der Waals surface area contributed by atoms with Gasteiger partial charge in [0.25, 0.3) is 0 Å². The molecule has 0 aliphatic heterocycles. The minimum absolute atomic E-state index is 0.174. The molecule has 4 nitrogen and oxygen atoms in total. The van der Waals surface area contributed by atoms with E-state index in [1.54, 1.807) is 36.4 Å². The molecule has 1 heterocycles. The minimum Gasteiger partial charge on any atom is -0.235 e. The van der Waals surface area contributed by atoms with Crippen LogP contribution in [0.5, 0.6) is 0 Å². The number of rotatable bonds is 3. The van der Waals surface area contributed by atoms with Crippen molar-refractivity contribution >= 4 is 32.3 Å². The van der Waals surface area contributed by atoms with Gasteiger partial charge in [-0.05, 0) is 42.0 Å². The van der Waals surface area contributed by atoms with Crippen LogP contribution in [-0.4, -0.2) is 13.4 Å². The zero-order chi connectivity index (χ0) is 21.5. The fraction of sp³-hybridized carbons (Fsp3) is 0. The third kappa shape index (κ3) is 3.30. The first kappa shape index (κ1) is 20.0. The molecule has 0 atom stereocenters. The summed E-state index contributed by atoms with van der Waals surface area (Å²) in [5.41, 5.74) is 0.468. The van der Waals surface area contributed by atoms with Crippen molar-refractivity contribution in [1.29, 1.82) is 5.26 Å². The van der Waals surface area contributed by atoms with Gasteiger partial charge in [-0.15, -0.1) is 0 Å². The molecule has 148 valence electrons. The number of halogens is 3. The van der Waals surface area contributed by atoms with E-state index in [2.05, 4.69) is 4.98 Å². The number of hydrogen-bond acceptors (Lipinski definition) is 4. The van der Waals surface area contributed by atoms with Crippen LogP contribution in [0, 0.1) is 23.0 Å². The van der Waals surface area contributed by atoms with E-state index in [9.17, 15) is 17.2 Å². The summed E-state index contributed by atoms with van der Waals surface area (Å²) in [6, 6.07) is 16.7. The van der Waals surface area contributed by atoms with Crippen LogP contribution in [0.15, 0.2) is 76.5 Å². The van der Waals surface area contributed by atoms with E-state index in [1.807, 2.05) is 0 Å². The lowest BCUT2D eigenvalue weighted by Crippen LogP contribution is -2.08. The predicted octanol–water partition coefficient (Wildman–Crippen LogP) is 5.54. The molecule has 0 saturated carbocycles. The second-order valence-electron chi connectivity index (χ2n) is 6.39. The fourth-order valence-electron chi connectivity index (χ4n) is 3.22. The van der Waals surface area contributed by atoms with Gasteiger partial charge in [-0.2, -0.15) is 5.26 Å². The van der Waals surface area contributed by atoms with Crippen LogP contribution in [0.3, 0.4) is 0 Å². The molecule has 8 heteroatoms. The Labute approximate surface area is 175 Å². The average molecular weight is 441 g/mol. The maximum absolute atomic E-state index is 14.0. The van der Waals surface area contributed by atoms with E-state index in [-0.39, 0.29) is 26.1 Å². The standard InChI is InChI=1S/C22H11ClF2N2O2S/c23-22-21(30(28,29)16-8-9-18(25)14(11-16)12-26)20(13-4-3-5-15(24)10-13)17-6-1-2-7-19(17)27-22/h1-11H. The van der Waals surface area contributed by atoms with Crippen molar-refractivity contribution < 1.29 is 17.2 Å². The number of benzene rings is 3. The van der Waals surface area contributed by atoms with E-state index >= 15 is 0 Å². The molecule has 0 bridgehead atoms. The molecule has 0 N–H and O–H groups in total. The first-order valence-electron chi connectivity index (χ1n) is 8.62. The highest BCUT2D eigenvalue weighted by Gasteiger charge is 2.29. The van der Waals surface area contributed by atoms with Crippen molar-refractivity contribution in [3.8, 4) is 17.2 Å². The van der Waals surface area contributed by atoms with Crippen LogP contribution in [0.25, 0.3) is 22.0 Å². The Hall–Kier alpha value is -3.34. The monoisotopic (exact) mass is 440 g/mol. The molecule has 0 unspecified atom stereocenters. The van der Waals surface area contributed by atoms with Crippen LogP contribution in [0.2, 0.25) is 5.15 Å². The Bertz CT molecular complexity index is 1460. The molecular formula is C22H11ClF2N2O2S. The van der Waals surface area contributed by atoms with Gasteiger partial charge in [0.15, 0.2) is 0 Å². The molecule has 30 heavy (non-hydrogen) atoms. The molecule has 4 aromatic rings. The van der Waals surface area contributed by atoms with E-state index < -0.39 is 27.0 Å². The Morgan fingerprint density at radius 1 is 0.967 bits per heavy atom. The third-order valence-electron chi connectivity index (χ3n) is 4.56. The fourth-order valence-corrected chi connectivity index (χ4v) is 5.23. The smallest absolute Gasteiger partial charge is 0.210 e. The lowest BCUT2D eigenvalue weighted by Gasteiger charge is -2.16. The molecule has 4 rings (SSSR count). The number of hydrogen-bond donors (Lipinski definition) is 0. The van der Waals surface area contributed by atoms with Crippen molar-refractivity contribution in [1.82, 2.24) is 4.98 Å². The van der Waals surface area contributed by atoms with Gasteiger partial charge in [-0.1, -0.05) is 41.9 Å². The van der Waals surface area contributed by atoms with Crippen LogP contribution in [0.1, 0.15) is 5.56 Å². The van der Waals surface area contributed by atoms with Crippen LogP contribution in [-0.2, 0) is 9.84 Å². The molecule has 0 aliphatic carbocycles. The number of aromatic nitrogens is 1. The zero-order valence-corrected chi connectivity index (χ0v) is 16.7. The SMILES string of the molecule is N#Cc1cc(S(=O)(=O)c2c(Cl)nc3ccccc3c2-c2cccc(F)c2)ccc1F. The highest BCUT2D eigenvalue weighted by atomic mass is 35.5. The summed E-state index contributed by atoms with van der Waals surface area (Å²) in [4.78, 5) is 3.52. The van der Waals surface area contributed by atoms with Gasteiger partial charge in [-0.25, -0.2) is 22.2 Å². The van der Waals surface area contributed by atoms with Gasteiger partial charge in [0.2, 0.25) is 9.84 Å².